The lowest BCUT2D eigenvalue weighted by Crippen LogP contribution is -2.37. The Bertz CT molecular complexity index is 731. The van der Waals surface area contributed by atoms with Crippen LogP contribution in [0.5, 0.6) is 0 Å². The van der Waals surface area contributed by atoms with Crippen LogP contribution in [0.15, 0.2) is 53.7 Å². The van der Waals surface area contributed by atoms with Crippen LogP contribution >= 0.6 is 23.4 Å². The zero-order valence-corrected chi connectivity index (χ0v) is 14.9. The van der Waals surface area contributed by atoms with Crippen molar-refractivity contribution in [3.05, 3.63) is 59.4 Å². The molecule has 1 aliphatic heterocycles. The van der Waals surface area contributed by atoms with E-state index in [0.717, 1.165) is 42.3 Å². The molecule has 1 aromatic carbocycles. The minimum atomic E-state index is -0.249. The summed E-state index contributed by atoms with van der Waals surface area (Å²) in [6, 6.07) is 11.9. The predicted molar refractivity (Wildman–Crippen MR) is 97.4 cm³/mol. The SMILES string of the molecule is O=C(N1CCC(c2ccncc2)C1)C1(Sc2ccc(Cl)cc2)CC1. The van der Waals surface area contributed by atoms with Gasteiger partial charge in [-0.15, -0.1) is 11.8 Å². The lowest BCUT2D eigenvalue weighted by atomic mass is 10.00. The molecule has 1 atom stereocenters. The third-order valence-corrected chi connectivity index (χ3v) is 6.61. The number of hydrogen-bond acceptors (Lipinski definition) is 3. The topological polar surface area (TPSA) is 33.2 Å². The van der Waals surface area contributed by atoms with Crippen molar-refractivity contribution in [3.8, 4) is 0 Å². The molecule has 5 heteroatoms. The van der Waals surface area contributed by atoms with Gasteiger partial charge in [-0.2, -0.15) is 0 Å². The van der Waals surface area contributed by atoms with Crippen LogP contribution in [0.4, 0.5) is 0 Å². The Kier molecular flexibility index (Phi) is 4.27. The standard InChI is InChI=1S/C19H19ClN2OS/c20-16-1-3-17(4-2-16)24-19(8-9-19)18(23)22-12-7-15(13-22)14-5-10-21-11-6-14/h1-6,10-11,15H,7-9,12-13H2. The lowest BCUT2D eigenvalue weighted by molar-refractivity contribution is -0.130. The van der Waals surface area contributed by atoms with Crippen molar-refractivity contribution in [1.29, 1.82) is 0 Å². The number of benzene rings is 1. The van der Waals surface area contributed by atoms with E-state index in [9.17, 15) is 4.79 Å². The van der Waals surface area contributed by atoms with Gasteiger partial charge >= 0.3 is 0 Å². The summed E-state index contributed by atoms with van der Waals surface area (Å²) >= 11 is 7.65. The highest BCUT2D eigenvalue weighted by Gasteiger charge is 2.53. The molecule has 124 valence electrons. The van der Waals surface area contributed by atoms with Crippen molar-refractivity contribution in [2.24, 2.45) is 0 Å². The highest BCUT2D eigenvalue weighted by molar-refractivity contribution is 8.01. The van der Waals surface area contributed by atoms with Crippen LogP contribution < -0.4 is 0 Å². The molecular weight excluding hydrogens is 340 g/mol. The Labute approximate surface area is 151 Å². The predicted octanol–water partition coefficient (Wildman–Crippen LogP) is 4.38. The molecule has 1 aliphatic carbocycles. The van der Waals surface area contributed by atoms with E-state index in [4.69, 9.17) is 11.6 Å². The van der Waals surface area contributed by atoms with Gasteiger partial charge in [0.1, 0.15) is 0 Å². The number of hydrogen-bond donors (Lipinski definition) is 0. The Morgan fingerprint density at radius 1 is 1.17 bits per heavy atom. The molecule has 4 rings (SSSR count). The summed E-state index contributed by atoms with van der Waals surface area (Å²) in [4.78, 5) is 20.3. The number of amides is 1. The van der Waals surface area contributed by atoms with Gasteiger partial charge in [-0.05, 0) is 61.2 Å². The molecule has 2 heterocycles. The fraction of sp³-hybridized carbons (Fsp3) is 0.368. The van der Waals surface area contributed by atoms with Gasteiger partial charge in [0, 0.05) is 41.3 Å². The number of halogens is 1. The van der Waals surface area contributed by atoms with Crippen molar-refractivity contribution >= 4 is 29.3 Å². The zero-order valence-electron chi connectivity index (χ0n) is 13.3. The lowest BCUT2D eigenvalue weighted by Gasteiger charge is -2.23. The molecular formula is C19H19ClN2OS. The third kappa shape index (κ3) is 3.17. The zero-order chi connectivity index (χ0) is 16.6. The monoisotopic (exact) mass is 358 g/mol. The maximum Gasteiger partial charge on any atom is 0.239 e. The highest BCUT2D eigenvalue weighted by Crippen LogP contribution is 2.53. The minimum absolute atomic E-state index is 0.249. The molecule has 3 nitrogen and oxygen atoms in total. The molecule has 1 saturated carbocycles. The number of carbonyl (C=O) groups is 1. The van der Waals surface area contributed by atoms with E-state index in [0.29, 0.717) is 11.8 Å². The average Bonchev–Trinajstić information content (AvgIpc) is 3.22. The maximum absolute atomic E-state index is 13.0. The number of pyridine rings is 1. The van der Waals surface area contributed by atoms with Crippen LogP contribution in [0.25, 0.3) is 0 Å². The van der Waals surface area contributed by atoms with Crippen LogP contribution in [-0.4, -0.2) is 33.6 Å². The molecule has 1 aromatic heterocycles. The second-order valence-electron chi connectivity index (χ2n) is 6.57. The fourth-order valence-electron chi connectivity index (χ4n) is 3.34. The van der Waals surface area contributed by atoms with E-state index in [2.05, 4.69) is 22.0 Å². The van der Waals surface area contributed by atoms with Crippen LogP contribution in [0.2, 0.25) is 5.02 Å². The van der Waals surface area contributed by atoms with Gasteiger partial charge in [-0.25, -0.2) is 0 Å². The molecule has 1 amide bonds. The molecule has 2 fully saturated rings. The molecule has 2 aromatic rings. The Morgan fingerprint density at radius 3 is 2.54 bits per heavy atom. The van der Waals surface area contributed by atoms with E-state index in [-0.39, 0.29) is 4.75 Å². The molecule has 1 saturated heterocycles. The van der Waals surface area contributed by atoms with Crippen LogP contribution in [0.3, 0.4) is 0 Å². The normalized spacial score (nSPS) is 21.7. The smallest absolute Gasteiger partial charge is 0.239 e. The van der Waals surface area contributed by atoms with Crippen LogP contribution in [-0.2, 0) is 4.79 Å². The molecule has 1 unspecified atom stereocenters. The molecule has 0 N–H and O–H groups in total. The summed E-state index contributed by atoms with van der Waals surface area (Å²) < 4.78 is -0.249. The summed E-state index contributed by atoms with van der Waals surface area (Å²) in [5.74, 6) is 0.743. The van der Waals surface area contributed by atoms with Gasteiger partial charge in [0.25, 0.3) is 0 Å². The number of thioether (sulfide) groups is 1. The van der Waals surface area contributed by atoms with Crippen molar-refractivity contribution in [2.45, 2.75) is 34.8 Å². The maximum atomic E-state index is 13.0. The highest BCUT2D eigenvalue weighted by atomic mass is 35.5. The summed E-state index contributed by atoms with van der Waals surface area (Å²) in [6.07, 6.45) is 6.64. The van der Waals surface area contributed by atoms with Crippen molar-refractivity contribution in [1.82, 2.24) is 9.88 Å². The van der Waals surface area contributed by atoms with Crippen molar-refractivity contribution in [2.75, 3.05) is 13.1 Å². The molecule has 0 bridgehead atoms. The van der Waals surface area contributed by atoms with Gasteiger partial charge < -0.3 is 4.90 Å². The second kappa shape index (κ2) is 6.41. The number of likely N-dealkylation sites (tertiary alicyclic amines) is 1. The average molecular weight is 359 g/mol. The Morgan fingerprint density at radius 2 is 1.88 bits per heavy atom. The van der Waals surface area contributed by atoms with Crippen molar-refractivity contribution in [3.63, 3.8) is 0 Å². The van der Waals surface area contributed by atoms with Gasteiger partial charge in [-0.3, -0.25) is 9.78 Å². The summed E-state index contributed by atoms with van der Waals surface area (Å²) in [7, 11) is 0. The van der Waals surface area contributed by atoms with Gasteiger partial charge in [0.05, 0.1) is 4.75 Å². The first kappa shape index (κ1) is 16.0. The first-order valence-electron chi connectivity index (χ1n) is 8.30. The fourth-order valence-corrected chi connectivity index (χ4v) is 4.71. The minimum Gasteiger partial charge on any atom is -0.341 e. The van der Waals surface area contributed by atoms with E-state index in [1.165, 1.54) is 5.56 Å². The molecule has 24 heavy (non-hydrogen) atoms. The van der Waals surface area contributed by atoms with Crippen LogP contribution in [0.1, 0.15) is 30.7 Å². The van der Waals surface area contributed by atoms with E-state index in [1.54, 1.807) is 11.8 Å². The summed E-state index contributed by atoms with van der Waals surface area (Å²) in [5, 5.41) is 0.732. The molecule has 0 spiro atoms. The number of rotatable bonds is 4. The van der Waals surface area contributed by atoms with Gasteiger partial charge in [0.15, 0.2) is 0 Å². The molecule has 2 aliphatic rings. The number of aromatic nitrogens is 1. The number of carbonyl (C=O) groups excluding carboxylic acids is 1. The Hall–Kier alpha value is -1.52. The largest absolute Gasteiger partial charge is 0.341 e. The van der Waals surface area contributed by atoms with Crippen LogP contribution in [0, 0.1) is 0 Å². The first-order chi connectivity index (χ1) is 11.7. The third-order valence-electron chi connectivity index (χ3n) is 4.87. The number of nitrogens with zero attached hydrogens (tertiary/aromatic N) is 2. The quantitative estimate of drug-likeness (QED) is 0.813. The van der Waals surface area contributed by atoms with E-state index < -0.39 is 0 Å². The van der Waals surface area contributed by atoms with Gasteiger partial charge in [-0.1, -0.05) is 11.6 Å². The van der Waals surface area contributed by atoms with E-state index >= 15 is 0 Å². The van der Waals surface area contributed by atoms with Crippen molar-refractivity contribution < 1.29 is 4.79 Å². The summed E-state index contributed by atoms with van der Waals surface area (Å²) in [6.45, 7) is 1.68. The Balaban J connectivity index is 1.43. The first-order valence-corrected chi connectivity index (χ1v) is 9.50. The summed E-state index contributed by atoms with van der Waals surface area (Å²) in [5.41, 5.74) is 1.29. The second-order valence-corrected chi connectivity index (χ2v) is 8.46. The van der Waals surface area contributed by atoms with E-state index in [1.807, 2.05) is 36.7 Å². The van der Waals surface area contributed by atoms with Gasteiger partial charge in [0.2, 0.25) is 5.91 Å². The molecule has 0 radical (unpaired) electrons.